The van der Waals surface area contributed by atoms with E-state index in [2.05, 4.69) is 10.6 Å². The molecule has 2 aliphatic heterocycles. The van der Waals surface area contributed by atoms with Crippen molar-refractivity contribution in [3.05, 3.63) is 45.6 Å². The standard InChI is InChI=1S/C24H28N2O5/c1-15-21(27)12-22(31-14-19-13-29-9-10-30-19)26-8-7-17-11-18(5-6-20(17)23(15)26)25(2)24(28)16-3-4-16/h5-6,11-12,16,19H,3-4,7-10,13-14H2,1-2H3/t19-/m0/s1. The van der Waals surface area contributed by atoms with Gasteiger partial charge in [-0.05, 0) is 43.9 Å². The van der Waals surface area contributed by atoms with E-state index >= 15 is 0 Å². The van der Waals surface area contributed by atoms with Gasteiger partial charge < -0.3 is 23.7 Å². The van der Waals surface area contributed by atoms with Crippen molar-refractivity contribution in [1.82, 2.24) is 4.57 Å². The smallest absolute Gasteiger partial charge is 0.229 e. The lowest BCUT2D eigenvalue weighted by Crippen LogP contribution is -2.34. The highest BCUT2D eigenvalue weighted by Gasteiger charge is 2.33. The highest BCUT2D eigenvalue weighted by atomic mass is 16.6. The van der Waals surface area contributed by atoms with Crippen molar-refractivity contribution in [2.24, 2.45) is 5.92 Å². The summed E-state index contributed by atoms with van der Waals surface area (Å²) >= 11 is 0. The number of hydrogen-bond acceptors (Lipinski definition) is 5. The van der Waals surface area contributed by atoms with Crippen LogP contribution in [0.15, 0.2) is 29.1 Å². The van der Waals surface area contributed by atoms with Crippen molar-refractivity contribution >= 4 is 11.6 Å². The number of ether oxygens (including phenoxy) is 3. The molecule has 5 rings (SSSR count). The van der Waals surface area contributed by atoms with Gasteiger partial charge in [-0.1, -0.05) is 6.07 Å². The Bertz CT molecular complexity index is 1070. The fourth-order valence-corrected chi connectivity index (χ4v) is 4.42. The monoisotopic (exact) mass is 424 g/mol. The molecule has 1 amide bonds. The van der Waals surface area contributed by atoms with Gasteiger partial charge in [0.2, 0.25) is 5.91 Å². The van der Waals surface area contributed by atoms with Gasteiger partial charge in [0.15, 0.2) is 11.3 Å². The Kier molecular flexibility index (Phi) is 5.32. The molecule has 3 aliphatic rings. The Labute approximate surface area is 181 Å². The first kappa shape index (κ1) is 20.3. The van der Waals surface area contributed by atoms with Crippen LogP contribution >= 0.6 is 0 Å². The Morgan fingerprint density at radius 3 is 2.84 bits per heavy atom. The van der Waals surface area contributed by atoms with Crippen molar-refractivity contribution in [1.29, 1.82) is 0 Å². The normalized spacial score (nSPS) is 20.0. The second kappa shape index (κ2) is 8.13. The Balaban J connectivity index is 1.45. The summed E-state index contributed by atoms with van der Waals surface area (Å²) in [6.45, 7) is 4.60. The summed E-state index contributed by atoms with van der Waals surface area (Å²) in [7, 11) is 1.85. The summed E-state index contributed by atoms with van der Waals surface area (Å²) in [5, 5.41) is 0. The maximum absolute atomic E-state index is 12.7. The largest absolute Gasteiger partial charge is 0.476 e. The summed E-state index contributed by atoms with van der Waals surface area (Å²) in [4.78, 5) is 26.9. The summed E-state index contributed by atoms with van der Waals surface area (Å²) < 4.78 is 19.2. The zero-order valence-electron chi connectivity index (χ0n) is 18.1. The molecular formula is C24H28N2O5. The molecule has 1 aromatic heterocycles. The van der Waals surface area contributed by atoms with Gasteiger partial charge in [0.25, 0.3) is 0 Å². The van der Waals surface area contributed by atoms with Gasteiger partial charge in [0.05, 0.1) is 25.5 Å². The molecule has 2 fully saturated rings. The molecule has 0 radical (unpaired) electrons. The van der Waals surface area contributed by atoms with Gasteiger partial charge in [0, 0.05) is 42.4 Å². The Hall–Kier alpha value is -2.64. The zero-order valence-corrected chi connectivity index (χ0v) is 18.1. The predicted molar refractivity (Wildman–Crippen MR) is 117 cm³/mol. The lowest BCUT2D eigenvalue weighted by Gasteiger charge is -2.29. The average Bonchev–Trinajstić information content (AvgIpc) is 3.65. The van der Waals surface area contributed by atoms with Crippen molar-refractivity contribution < 1.29 is 19.0 Å². The minimum atomic E-state index is -0.126. The second-order valence-corrected chi connectivity index (χ2v) is 8.61. The molecule has 1 aliphatic carbocycles. The second-order valence-electron chi connectivity index (χ2n) is 8.61. The fourth-order valence-electron chi connectivity index (χ4n) is 4.42. The fraction of sp³-hybridized carbons (Fsp3) is 0.500. The summed E-state index contributed by atoms with van der Waals surface area (Å²) in [5.41, 5.74) is 4.65. The molecule has 7 nitrogen and oxygen atoms in total. The van der Waals surface area contributed by atoms with Crippen LogP contribution in [-0.2, 0) is 27.2 Å². The summed E-state index contributed by atoms with van der Waals surface area (Å²) in [5.74, 6) is 0.935. The van der Waals surface area contributed by atoms with Gasteiger partial charge in [-0.2, -0.15) is 0 Å². The summed E-state index contributed by atoms with van der Waals surface area (Å²) in [6, 6.07) is 7.66. The number of fused-ring (bicyclic) bond motifs is 3. The third kappa shape index (κ3) is 3.88. The van der Waals surface area contributed by atoms with E-state index in [9.17, 15) is 9.59 Å². The molecule has 3 heterocycles. The van der Waals surface area contributed by atoms with E-state index in [4.69, 9.17) is 14.2 Å². The number of anilines is 1. The van der Waals surface area contributed by atoms with Gasteiger partial charge in [-0.15, -0.1) is 0 Å². The number of benzene rings is 1. The third-order valence-corrected chi connectivity index (χ3v) is 6.41. The van der Waals surface area contributed by atoms with Crippen LogP contribution in [0, 0.1) is 12.8 Å². The van der Waals surface area contributed by atoms with E-state index in [-0.39, 0.29) is 23.4 Å². The molecule has 1 saturated carbocycles. The number of hydrogen-bond donors (Lipinski definition) is 0. The number of amides is 1. The van der Waals surface area contributed by atoms with Crippen LogP contribution in [0.4, 0.5) is 5.69 Å². The van der Waals surface area contributed by atoms with E-state index < -0.39 is 0 Å². The quantitative estimate of drug-likeness (QED) is 0.738. The number of pyridine rings is 1. The predicted octanol–water partition coefficient (Wildman–Crippen LogP) is 2.55. The average molecular weight is 424 g/mol. The van der Waals surface area contributed by atoms with Gasteiger partial charge in [-0.25, -0.2) is 0 Å². The minimum Gasteiger partial charge on any atom is -0.476 e. The molecule has 1 atom stereocenters. The van der Waals surface area contributed by atoms with Crippen molar-refractivity contribution in [3.63, 3.8) is 0 Å². The SMILES string of the molecule is Cc1c2n(c(OC[C@@H]3COCCO3)cc1=O)CCc1cc(N(C)C(=O)C3CC3)ccc1-2. The third-order valence-electron chi connectivity index (χ3n) is 6.41. The molecule has 2 aromatic rings. The van der Waals surface area contributed by atoms with Crippen LogP contribution in [0.5, 0.6) is 5.88 Å². The van der Waals surface area contributed by atoms with E-state index in [1.807, 2.05) is 26.1 Å². The molecule has 0 unspecified atom stereocenters. The van der Waals surface area contributed by atoms with E-state index in [0.717, 1.165) is 41.8 Å². The molecule has 0 spiro atoms. The zero-order chi connectivity index (χ0) is 21.5. The number of nitrogens with zero attached hydrogens (tertiary/aromatic N) is 2. The minimum absolute atomic E-state index is 0.0416. The van der Waals surface area contributed by atoms with Crippen molar-refractivity contribution in [2.75, 3.05) is 38.4 Å². The van der Waals surface area contributed by atoms with Gasteiger partial charge in [0.1, 0.15) is 12.7 Å². The van der Waals surface area contributed by atoms with Crippen LogP contribution in [0.2, 0.25) is 0 Å². The van der Waals surface area contributed by atoms with Crippen LogP contribution in [-0.4, -0.2) is 50.1 Å². The Morgan fingerprint density at radius 2 is 2.10 bits per heavy atom. The number of aryl methyl sites for hydroxylation is 1. The Morgan fingerprint density at radius 1 is 1.26 bits per heavy atom. The topological polar surface area (TPSA) is 70.0 Å². The summed E-state index contributed by atoms with van der Waals surface area (Å²) in [6.07, 6.45) is 2.66. The maximum atomic E-state index is 12.7. The van der Waals surface area contributed by atoms with Gasteiger partial charge >= 0.3 is 0 Å². The highest BCUT2D eigenvalue weighted by molar-refractivity contribution is 5.96. The lowest BCUT2D eigenvalue weighted by molar-refractivity contribution is -0.119. The first-order valence-corrected chi connectivity index (χ1v) is 11.0. The van der Waals surface area contributed by atoms with Crippen molar-refractivity contribution in [2.45, 2.75) is 38.8 Å². The van der Waals surface area contributed by atoms with Crippen molar-refractivity contribution in [3.8, 4) is 17.1 Å². The van der Waals surface area contributed by atoms with E-state index in [1.54, 1.807) is 11.0 Å². The molecule has 1 saturated heterocycles. The molecule has 31 heavy (non-hydrogen) atoms. The number of aromatic nitrogens is 1. The molecule has 164 valence electrons. The highest BCUT2D eigenvalue weighted by Crippen LogP contribution is 2.37. The lowest BCUT2D eigenvalue weighted by atomic mass is 9.94. The van der Waals surface area contributed by atoms with Crippen LogP contribution in [0.1, 0.15) is 24.0 Å². The molecule has 7 heteroatoms. The number of carbonyl (C=O) groups is 1. The van der Waals surface area contributed by atoms with Crippen LogP contribution < -0.4 is 15.1 Å². The maximum Gasteiger partial charge on any atom is 0.229 e. The first-order chi connectivity index (χ1) is 15.0. The molecule has 0 bridgehead atoms. The molecular weight excluding hydrogens is 396 g/mol. The first-order valence-electron chi connectivity index (χ1n) is 11.0. The van der Waals surface area contributed by atoms with Gasteiger partial charge in [-0.3, -0.25) is 9.59 Å². The van der Waals surface area contributed by atoms with E-state index in [0.29, 0.717) is 44.4 Å². The van der Waals surface area contributed by atoms with E-state index in [1.165, 1.54) is 0 Å². The molecule has 1 aromatic carbocycles. The number of carbonyl (C=O) groups excluding carboxylic acids is 1. The number of rotatable bonds is 5. The van der Waals surface area contributed by atoms with Crippen LogP contribution in [0.3, 0.4) is 0 Å². The van der Waals surface area contributed by atoms with Crippen LogP contribution in [0.25, 0.3) is 11.3 Å². The molecule has 0 N–H and O–H groups in total.